The summed E-state index contributed by atoms with van der Waals surface area (Å²) in [7, 11) is 0. The summed E-state index contributed by atoms with van der Waals surface area (Å²) < 4.78 is 5.83. The van der Waals surface area contributed by atoms with Crippen molar-refractivity contribution in [3.8, 4) is 5.75 Å². The average molecular weight is 413 g/mol. The number of halogens is 1. The minimum Gasteiger partial charge on any atom is -0.494 e. The van der Waals surface area contributed by atoms with Crippen molar-refractivity contribution in [2.24, 2.45) is 17.8 Å². The fourth-order valence-electron chi connectivity index (χ4n) is 6.04. The lowest BCUT2D eigenvalue weighted by Gasteiger charge is -2.42. The van der Waals surface area contributed by atoms with Crippen molar-refractivity contribution in [1.82, 2.24) is 15.1 Å². The number of nitrogens with zero attached hydrogens (tertiary/aromatic N) is 4. The Morgan fingerprint density at radius 1 is 1.07 bits per heavy atom. The molecule has 4 atom stereocenters. The normalized spacial score (nSPS) is 31.6. The van der Waals surface area contributed by atoms with E-state index >= 15 is 0 Å². The highest BCUT2D eigenvalue weighted by atomic mass is 35.5. The molecular formula is C23H29ClN4O. The zero-order valence-electron chi connectivity index (χ0n) is 17.2. The first kappa shape index (κ1) is 19.1. The summed E-state index contributed by atoms with van der Waals surface area (Å²) in [5, 5.41) is 8.73. The Morgan fingerprint density at radius 3 is 2.48 bits per heavy atom. The third-order valence-electron chi connectivity index (χ3n) is 7.17. The first-order valence-electron chi connectivity index (χ1n) is 10.9. The van der Waals surface area contributed by atoms with Gasteiger partial charge in [-0.15, -0.1) is 10.2 Å². The summed E-state index contributed by atoms with van der Waals surface area (Å²) in [6, 6.07) is 12.7. The molecule has 3 aliphatic rings. The van der Waals surface area contributed by atoms with Crippen LogP contribution in [0.15, 0.2) is 36.4 Å². The summed E-state index contributed by atoms with van der Waals surface area (Å²) in [4.78, 5) is 5.07. The van der Waals surface area contributed by atoms with Gasteiger partial charge in [-0.3, -0.25) is 4.90 Å². The van der Waals surface area contributed by atoms with E-state index in [4.69, 9.17) is 16.3 Å². The summed E-state index contributed by atoms with van der Waals surface area (Å²) in [6.45, 7) is 9.20. The number of anilines is 1. The first-order valence-corrected chi connectivity index (χ1v) is 11.2. The van der Waals surface area contributed by atoms with E-state index in [1.54, 1.807) is 0 Å². The highest BCUT2D eigenvalue weighted by Crippen LogP contribution is 2.70. The number of hydrogen-bond donors (Lipinski definition) is 0. The smallest absolute Gasteiger partial charge is 0.151 e. The van der Waals surface area contributed by atoms with Gasteiger partial charge in [0.1, 0.15) is 5.75 Å². The number of fused-ring (bicyclic) bond motifs is 1. The molecule has 3 fully saturated rings. The molecule has 5 rings (SSSR count). The van der Waals surface area contributed by atoms with Crippen molar-refractivity contribution < 1.29 is 4.74 Å². The zero-order chi connectivity index (χ0) is 20.0. The SMILES string of the molecule is CCOc1cccc(C2(N3CCN(c4ccc(Cl)nn4)CC3)[C@@H]3CC(C)C[C@@H]32)c1. The maximum atomic E-state index is 5.90. The molecule has 2 heterocycles. The number of hydrogen-bond acceptors (Lipinski definition) is 5. The van der Waals surface area contributed by atoms with Gasteiger partial charge in [0.25, 0.3) is 0 Å². The van der Waals surface area contributed by atoms with Gasteiger partial charge in [0.05, 0.1) is 12.1 Å². The van der Waals surface area contributed by atoms with E-state index in [1.807, 2.05) is 12.1 Å². The predicted octanol–water partition coefficient (Wildman–Crippen LogP) is 4.22. The van der Waals surface area contributed by atoms with Crippen LogP contribution in [0.25, 0.3) is 0 Å². The molecule has 1 aliphatic heterocycles. The van der Waals surface area contributed by atoms with Crippen LogP contribution in [0.4, 0.5) is 5.82 Å². The number of rotatable bonds is 5. The highest BCUT2D eigenvalue weighted by Gasteiger charge is 2.70. The minimum atomic E-state index is 0.192. The van der Waals surface area contributed by atoms with E-state index in [1.165, 1.54) is 18.4 Å². The van der Waals surface area contributed by atoms with Crippen molar-refractivity contribution in [2.75, 3.05) is 37.7 Å². The maximum Gasteiger partial charge on any atom is 0.151 e. The van der Waals surface area contributed by atoms with Crippen LogP contribution in [0.1, 0.15) is 32.3 Å². The van der Waals surface area contributed by atoms with Gasteiger partial charge >= 0.3 is 0 Å². The van der Waals surface area contributed by atoms with Crippen LogP contribution in [0.3, 0.4) is 0 Å². The Hall–Kier alpha value is -1.85. The number of aromatic nitrogens is 2. The van der Waals surface area contributed by atoms with Gasteiger partial charge in [-0.2, -0.15) is 0 Å². The Morgan fingerprint density at radius 2 is 1.83 bits per heavy atom. The summed E-state index contributed by atoms with van der Waals surface area (Å²) in [5.41, 5.74) is 1.64. The van der Waals surface area contributed by atoms with Gasteiger partial charge < -0.3 is 9.64 Å². The van der Waals surface area contributed by atoms with Crippen molar-refractivity contribution in [1.29, 1.82) is 0 Å². The molecule has 1 aromatic carbocycles. The molecule has 2 saturated carbocycles. The van der Waals surface area contributed by atoms with Gasteiger partial charge in [-0.05, 0) is 67.3 Å². The van der Waals surface area contributed by atoms with Crippen LogP contribution in [0, 0.1) is 17.8 Å². The standard InChI is InChI=1S/C23H29ClN4O/c1-3-29-18-6-4-5-17(15-18)23(19-13-16(2)14-20(19)23)28-11-9-27(10-12-28)22-8-7-21(24)25-26-22/h4-8,15-16,19-20H,3,9-14H2,1-2H3/t16?,19-,20+,23?. The van der Waals surface area contributed by atoms with E-state index in [9.17, 15) is 0 Å². The molecule has 0 bridgehead atoms. The van der Waals surface area contributed by atoms with Crippen molar-refractivity contribution in [3.05, 3.63) is 47.1 Å². The molecule has 2 aromatic rings. The van der Waals surface area contributed by atoms with Gasteiger partial charge in [0, 0.05) is 26.2 Å². The van der Waals surface area contributed by atoms with Crippen LogP contribution >= 0.6 is 11.6 Å². The van der Waals surface area contributed by atoms with E-state index in [2.05, 4.69) is 58.1 Å². The van der Waals surface area contributed by atoms with Gasteiger partial charge in [-0.1, -0.05) is 30.7 Å². The second kappa shape index (κ2) is 7.44. The van der Waals surface area contributed by atoms with Crippen LogP contribution in [-0.4, -0.2) is 47.9 Å². The molecule has 5 nitrogen and oxygen atoms in total. The zero-order valence-corrected chi connectivity index (χ0v) is 18.0. The number of benzene rings is 1. The highest BCUT2D eigenvalue weighted by molar-refractivity contribution is 6.29. The van der Waals surface area contributed by atoms with Gasteiger partial charge in [0.2, 0.25) is 0 Å². The molecule has 0 radical (unpaired) electrons. The van der Waals surface area contributed by atoms with Crippen LogP contribution in [-0.2, 0) is 5.54 Å². The molecule has 1 aromatic heterocycles. The number of piperazine rings is 1. The van der Waals surface area contributed by atoms with Crippen LogP contribution < -0.4 is 9.64 Å². The maximum absolute atomic E-state index is 5.90. The van der Waals surface area contributed by atoms with Gasteiger partial charge in [0.15, 0.2) is 11.0 Å². The van der Waals surface area contributed by atoms with Gasteiger partial charge in [-0.25, -0.2) is 0 Å². The fraction of sp³-hybridized carbons (Fsp3) is 0.565. The van der Waals surface area contributed by atoms with Crippen LogP contribution in [0.2, 0.25) is 5.15 Å². The Kier molecular flexibility index (Phi) is 4.91. The summed E-state index contributed by atoms with van der Waals surface area (Å²) in [5.74, 6) is 4.31. The van der Waals surface area contributed by atoms with Crippen molar-refractivity contribution in [2.45, 2.75) is 32.2 Å². The molecule has 154 valence electrons. The minimum absolute atomic E-state index is 0.192. The topological polar surface area (TPSA) is 41.5 Å². The molecule has 29 heavy (non-hydrogen) atoms. The second-order valence-electron chi connectivity index (χ2n) is 8.76. The largest absolute Gasteiger partial charge is 0.494 e. The first-order chi connectivity index (χ1) is 14.1. The van der Waals surface area contributed by atoms with Crippen LogP contribution in [0.5, 0.6) is 5.75 Å². The Labute approximate surface area is 178 Å². The third-order valence-corrected chi connectivity index (χ3v) is 7.37. The lowest BCUT2D eigenvalue weighted by molar-refractivity contribution is 0.124. The summed E-state index contributed by atoms with van der Waals surface area (Å²) >= 11 is 5.90. The lowest BCUT2D eigenvalue weighted by Crippen LogP contribution is -2.52. The third kappa shape index (κ3) is 3.19. The molecule has 0 N–H and O–H groups in total. The monoisotopic (exact) mass is 412 g/mol. The van der Waals surface area contributed by atoms with E-state index < -0.39 is 0 Å². The van der Waals surface area contributed by atoms with E-state index in [0.717, 1.165) is 55.5 Å². The second-order valence-corrected chi connectivity index (χ2v) is 9.15. The Bertz CT molecular complexity index is 853. The average Bonchev–Trinajstić information content (AvgIpc) is 3.16. The lowest BCUT2D eigenvalue weighted by atomic mass is 9.89. The van der Waals surface area contributed by atoms with Crippen molar-refractivity contribution in [3.63, 3.8) is 0 Å². The molecule has 1 saturated heterocycles. The quantitative estimate of drug-likeness (QED) is 0.735. The van der Waals surface area contributed by atoms with E-state index in [0.29, 0.717) is 11.8 Å². The predicted molar refractivity (Wildman–Crippen MR) is 115 cm³/mol. The molecule has 6 heteroatoms. The summed E-state index contributed by atoms with van der Waals surface area (Å²) in [6.07, 6.45) is 2.68. The fourth-order valence-corrected chi connectivity index (χ4v) is 6.14. The molecule has 0 amide bonds. The van der Waals surface area contributed by atoms with E-state index in [-0.39, 0.29) is 5.54 Å². The van der Waals surface area contributed by atoms with Crippen molar-refractivity contribution >= 4 is 17.4 Å². The molecular weight excluding hydrogens is 384 g/mol. The molecule has 0 spiro atoms. The molecule has 2 unspecified atom stereocenters. The molecule has 2 aliphatic carbocycles. The Balaban J connectivity index is 1.38. The number of ether oxygens (including phenoxy) is 1.